The Morgan fingerprint density at radius 1 is 1.24 bits per heavy atom. The van der Waals surface area contributed by atoms with E-state index in [1.807, 2.05) is 13.0 Å². The van der Waals surface area contributed by atoms with Gasteiger partial charge in [-0.05, 0) is 31.5 Å². The van der Waals surface area contributed by atoms with Crippen molar-refractivity contribution < 1.29 is 4.52 Å². The molecular formula is C14H14N2O. The summed E-state index contributed by atoms with van der Waals surface area (Å²) < 4.78 is 7.43. The molecule has 86 valence electrons. The van der Waals surface area contributed by atoms with Crippen molar-refractivity contribution in [1.29, 1.82) is 0 Å². The summed E-state index contributed by atoms with van der Waals surface area (Å²) in [5.74, 6) is 0.890. The third kappa shape index (κ3) is 1.73. The lowest BCUT2D eigenvalue weighted by Crippen LogP contribution is -1.96. The highest BCUT2D eigenvalue weighted by atomic mass is 16.5. The molecule has 3 rings (SSSR count). The Hall–Kier alpha value is -2.03. The van der Waals surface area contributed by atoms with Crippen LogP contribution in [-0.2, 0) is 6.54 Å². The molecule has 0 saturated heterocycles. The summed E-state index contributed by atoms with van der Waals surface area (Å²) in [6.07, 6.45) is 2.09. The van der Waals surface area contributed by atoms with E-state index in [0.29, 0.717) is 0 Å². The van der Waals surface area contributed by atoms with Crippen LogP contribution in [0.25, 0.3) is 10.9 Å². The van der Waals surface area contributed by atoms with Gasteiger partial charge in [0, 0.05) is 23.2 Å². The Labute approximate surface area is 99.6 Å². The fourth-order valence-electron chi connectivity index (χ4n) is 2.17. The van der Waals surface area contributed by atoms with Crippen LogP contribution >= 0.6 is 0 Å². The minimum atomic E-state index is 0.730. The highest BCUT2D eigenvalue weighted by Gasteiger charge is 2.06. The van der Waals surface area contributed by atoms with E-state index in [1.165, 1.54) is 16.5 Å². The molecule has 0 unspecified atom stereocenters. The van der Waals surface area contributed by atoms with Gasteiger partial charge in [0.15, 0.2) is 5.76 Å². The minimum Gasteiger partial charge on any atom is -0.359 e. The van der Waals surface area contributed by atoms with Crippen LogP contribution < -0.4 is 0 Å². The summed E-state index contributed by atoms with van der Waals surface area (Å²) in [5.41, 5.74) is 3.46. The van der Waals surface area contributed by atoms with Crippen molar-refractivity contribution in [3.05, 3.63) is 53.5 Å². The van der Waals surface area contributed by atoms with Crippen molar-refractivity contribution in [2.45, 2.75) is 20.4 Å². The number of hydrogen-bond donors (Lipinski definition) is 0. The first kappa shape index (κ1) is 10.1. The van der Waals surface area contributed by atoms with Gasteiger partial charge in [0.1, 0.15) is 0 Å². The molecule has 2 heterocycles. The molecule has 0 amide bonds. The number of hydrogen-bond acceptors (Lipinski definition) is 2. The largest absolute Gasteiger partial charge is 0.359 e. The second kappa shape index (κ2) is 3.77. The molecule has 17 heavy (non-hydrogen) atoms. The summed E-state index contributed by atoms with van der Waals surface area (Å²) in [6.45, 7) is 4.80. The summed E-state index contributed by atoms with van der Waals surface area (Å²) in [6, 6.07) is 10.5. The second-order valence-corrected chi connectivity index (χ2v) is 4.39. The highest BCUT2D eigenvalue weighted by molar-refractivity contribution is 5.83. The third-order valence-corrected chi connectivity index (χ3v) is 3.03. The standard InChI is InChI=1S/C14H14N2O/c1-10-4-3-5-14-13(10)6-7-16(14)9-12-8-11(2)15-17-12/h3-8H,9H2,1-2H3. The number of fused-ring (bicyclic) bond motifs is 1. The molecule has 0 aliphatic carbocycles. The van der Waals surface area contributed by atoms with E-state index in [0.717, 1.165) is 18.0 Å². The second-order valence-electron chi connectivity index (χ2n) is 4.39. The zero-order valence-corrected chi connectivity index (χ0v) is 9.97. The van der Waals surface area contributed by atoms with Crippen molar-refractivity contribution in [3.63, 3.8) is 0 Å². The van der Waals surface area contributed by atoms with Crippen LogP contribution in [0.1, 0.15) is 17.0 Å². The summed E-state index contributed by atoms with van der Waals surface area (Å²) in [4.78, 5) is 0. The summed E-state index contributed by atoms with van der Waals surface area (Å²) in [7, 11) is 0. The molecule has 3 heteroatoms. The molecule has 0 bridgehead atoms. The molecule has 0 aliphatic rings. The van der Waals surface area contributed by atoms with Gasteiger partial charge in [0.25, 0.3) is 0 Å². The Morgan fingerprint density at radius 3 is 2.88 bits per heavy atom. The minimum absolute atomic E-state index is 0.730. The van der Waals surface area contributed by atoms with Crippen molar-refractivity contribution in [3.8, 4) is 0 Å². The van der Waals surface area contributed by atoms with E-state index in [9.17, 15) is 0 Å². The Balaban J connectivity index is 2.04. The summed E-state index contributed by atoms with van der Waals surface area (Å²) in [5, 5.41) is 5.20. The number of nitrogens with zero attached hydrogens (tertiary/aromatic N) is 2. The van der Waals surface area contributed by atoms with Crippen LogP contribution in [0.4, 0.5) is 0 Å². The lowest BCUT2D eigenvalue weighted by atomic mass is 10.1. The molecule has 0 fully saturated rings. The quantitative estimate of drug-likeness (QED) is 0.671. The zero-order chi connectivity index (χ0) is 11.8. The van der Waals surface area contributed by atoms with Gasteiger partial charge in [0.05, 0.1) is 12.2 Å². The maximum absolute atomic E-state index is 5.25. The van der Waals surface area contributed by atoms with Gasteiger partial charge in [-0.15, -0.1) is 0 Å². The molecule has 0 N–H and O–H groups in total. The molecular weight excluding hydrogens is 212 g/mol. The van der Waals surface area contributed by atoms with E-state index in [4.69, 9.17) is 4.52 Å². The fourth-order valence-corrected chi connectivity index (χ4v) is 2.17. The normalized spacial score (nSPS) is 11.2. The van der Waals surface area contributed by atoms with Gasteiger partial charge in [0.2, 0.25) is 0 Å². The van der Waals surface area contributed by atoms with Crippen molar-refractivity contribution in [1.82, 2.24) is 9.72 Å². The average Bonchev–Trinajstić information content (AvgIpc) is 2.88. The number of aryl methyl sites for hydroxylation is 2. The Kier molecular flexibility index (Phi) is 2.25. The topological polar surface area (TPSA) is 31.0 Å². The van der Waals surface area contributed by atoms with E-state index in [1.54, 1.807) is 0 Å². The van der Waals surface area contributed by atoms with Crippen molar-refractivity contribution in [2.24, 2.45) is 0 Å². The first-order chi connectivity index (χ1) is 8.24. The first-order valence-corrected chi connectivity index (χ1v) is 5.71. The van der Waals surface area contributed by atoms with Gasteiger partial charge in [-0.3, -0.25) is 0 Å². The van der Waals surface area contributed by atoms with Gasteiger partial charge >= 0.3 is 0 Å². The molecule has 0 spiro atoms. The number of rotatable bonds is 2. The average molecular weight is 226 g/mol. The van der Waals surface area contributed by atoms with Crippen LogP contribution in [-0.4, -0.2) is 9.72 Å². The highest BCUT2D eigenvalue weighted by Crippen LogP contribution is 2.20. The molecule has 0 saturated carbocycles. The fraction of sp³-hybridized carbons (Fsp3) is 0.214. The number of aromatic nitrogens is 2. The van der Waals surface area contributed by atoms with Crippen LogP contribution in [0.15, 0.2) is 41.1 Å². The van der Waals surface area contributed by atoms with Gasteiger partial charge < -0.3 is 9.09 Å². The Morgan fingerprint density at radius 2 is 2.12 bits per heavy atom. The van der Waals surface area contributed by atoms with Gasteiger partial charge in [-0.1, -0.05) is 17.3 Å². The third-order valence-electron chi connectivity index (χ3n) is 3.03. The monoisotopic (exact) mass is 226 g/mol. The lowest BCUT2D eigenvalue weighted by molar-refractivity contribution is 0.374. The van der Waals surface area contributed by atoms with Gasteiger partial charge in [-0.25, -0.2) is 0 Å². The first-order valence-electron chi connectivity index (χ1n) is 5.71. The van der Waals surface area contributed by atoms with Crippen LogP contribution in [0, 0.1) is 13.8 Å². The smallest absolute Gasteiger partial charge is 0.156 e. The van der Waals surface area contributed by atoms with Gasteiger partial charge in [-0.2, -0.15) is 0 Å². The van der Waals surface area contributed by atoms with Crippen LogP contribution in [0.3, 0.4) is 0 Å². The predicted octanol–water partition coefficient (Wildman–Crippen LogP) is 3.29. The maximum Gasteiger partial charge on any atom is 0.156 e. The molecule has 0 aliphatic heterocycles. The van der Waals surface area contributed by atoms with E-state index in [-0.39, 0.29) is 0 Å². The predicted molar refractivity (Wildman–Crippen MR) is 67.0 cm³/mol. The SMILES string of the molecule is Cc1cc(Cn2ccc3c(C)cccc32)on1. The lowest BCUT2D eigenvalue weighted by Gasteiger charge is -2.02. The van der Waals surface area contributed by atoms with Crippen molar-refractivity contribution in [2.75, 3.05) is 0 Å². The summed E-state index contributed by atoms with van der Waals surface area (Å²) >= 11 is 0. The molecule has 3 aromatic rings. The van der Waals surface area contributed by atoms with Crippen LogP contribution in [0.5, 0.6) is 0 Å². The molecule has 2 aromatic heterocycles. The maximum atomic E-state index is 5.25. The molecule has 0 radical (unpaired) electrons. The van der Waals surface area contributed by atoms with E-state index < -0.39 is 0 Å². The van der Waals surface area contributed by atoms with Crippen LogP contribution in [0.2, 0.25) is 0 Å². The van der Waals surface area contributed by atoms with E-state index >= 15 is 0 Å². The van der Waals surface area contributed by atoms with E-state index in [2.05, 4.69) is 47.1 Å². The Bertz CT molecular complexity index is 664. The molecule has 1 aromatic carbocycles. The molecule has 0 atom stereocenters. The molecule has 3 nitrogen and oxygen atoms in total. The van der Waals surface area contributed by atoms with Crippen molar-refractivity contribution >= 4 is 10.9 Å². The number of benzene rings is 1. The zero-order valence-electron chi connectivity index (χ0n) is 9.97.